The van der Waals surface area contributed by atoms with E-state index in [2.05, 4.69) is 49.9 Å². The fourth-order valence-corrected chi connectivity index (χ4v) is 2.44. The van der Waals surface area contributed by atoms with E-state index in [0.29, 0.717) is 19.1 Å². The third kappa shape index (κ3) is 9.75. The first kappa shape index (κ1) is 20.1. The first-order chi connectivity index (χ1) is 10.7. The van der Waals surface area contributed by atoms with Crippen LogP contribution >= 0.6 is 0 Å². The smallest absolute Gasteiger partial charge is 0.0900 e. The maximum absolute atomic E-state index is 10.3. The molecule has 0 unspecified atom stereocenters. The summed E-state index contributed by atoms with van der Waals surface area (Å²) >= 11 is 0. The van der Waals surface area contributed by atoms with Crippen LogP contribution < -0.4 is 0 Å². The average Bonchev–Trinajstić information content (AvgIpc) is 2.42. The second-order valence-corrected chi connectivity index (χ2v) is 7.98. The van der Waals surface area contributed by atoms with Gasteiger partial charge in [0.25, 0.3) is 0 Å². The van der Waals surface area contributed by atoms with Gasteiger partial charge < -0.3 is 9.84 Å². The number of aryl methyl sites for hydroxylation is 1. The van der Waals surface area contributed by atoms with Crippen molar-refractivity contribution in [2.45, 2.75) is 66.2 Å². The van der Waals surface area contributed by atoms with Gasteiger partial charge in [-0.3, -0.25) is 4.90 Å². The van der Waals surface area contributed by atoms with E-state index in [0.717, 1.165) is 19.5 Å². The molecule has 0 aliphatic heterocycles. The summed E-state index contributed by atoms with van der Waals surface area (Å²) in [6.07, 6.45) is 0.685. The molecule has 3 heteroatoms. The van der Waals surface area contributed by atoms with Crippen molar-refractivity contribution in [3.8, 4) is 0 Å². The van der Waals surface area contributed by atoms with Crippen LogP contribution in [0.5, 0.6) is 0 Å². The minimum atomic E-state index is -0.453. The number of rotatable bonds is 9. The number of nitrogens with zero attached hydrogens (tertiary/aromatic N) is 1. The highest BCUT2D eigenvalue weighted by atomic mass is 16.5. The summed E-state index contributed by atoms with van der Waals surface area (Å²) in [5.74, 6) is 0.665. The highest BCUT2D eigenvalue weighted by Crippen LogP contribution is 2.12. The van der Waals surface area contributed by atoms with Gasteiger partial charge in [-0.15, -0.1) is 0 Å². The Morgan fingerprint density at radius 2 is 1.91 bits per heavy atom. The van der Waals surface area contributed by atoms with Gasteiger partial charge in [0.1, 0.15) is 0 Å². The first-order valence-corrected chi connectivity index (χ1v) is 8.75. The Balaban J connectivity index is 2.60. The maximum Gasteiger partial charge on any atom is 0.0900 e. The normalized spacial score (nSPS) is 13.8. The Morgan fingerprint density at radius 3 is 2.48 bits per heavy atom. The van der Waals surface area contributed by atoms with E-state index in [1.165, 1.54) is 11.1 Å². The summed E-state index contributed by atoms with van der Waals surface area (Å²) in [5, 5.41) is 10.3. The largest absolute Gasteiger partial charge is 0.389 e. The van der Waals surface area contributed by atoms with Crippen molar-refractivity contribution in [1.82, 2.24) is 4.90 Å². The van der Waals surface area contributed by atoms with E-state index in [4.69, 9.17) is 4.74 Å². The predicted octanol–water partition coefficient (Wildman–Crippen LogP) is 4.02. The number of hydrogen-bond acceptors (Lipinski definition) is 3. The molecular weight excluding hydrogens is 286 g/mol. The van der Waals surface area contributed by atoms with Crippen molar-refractivity contribution in [3.05, 3.63) is 35.4 Å². The molecular formula is C20H35NO2. The zero-order chi connectivity index (χ0) is 17.5. The van der Waals surface area contributed by atoms with Gasteiger partial charge in [0.05, 0.1) is 18.3 Å². The summed E-state index contributed by atoms with van der Waals surface area (Å²) in [6, 6.07) is 8.60. The van der Waals surface area contributed by atoms with E-state index in [1.54, 1.807) is 0 Å². The van der Waals surface area contributed by atoms with Crippen LogP contribution in [0.4, 0.5) is 0 Å². The number of hydrogen-bond donors (Lipinski definition) is 1. The van der Waals surface area contributed by atoms with Gasteiger partial charge >= 0.3 is 0 Å². The van der Waals surface area contributed by atoms with Gasteiger partial charge in [0, 0.05) is 13.1 Å². The fraction of sp³-hybridized carbons (Fsp3) is 0.700. The van der Waals surface area contributed by atoms with Crippen LogP contribution in [0.25, 0.3) is 0 Å². The number of aliphatic hydroxyl groups excluding tert-OH is 1. The Labute approximate surface area is 142 Å². The van der Waals surface area contributed by atoms with E-state index in [1.807, 2.05) is 20.8 Å². The highest BCUT2D eigenvalue weighted by molar-refractivity contribution is 5.22. The minimum Gasteiger partial charge on any atom is -0.389 e. The molecule has 0 saturated heterocycles. The number of aliphatic hydroxyl groups is 1. The third-order valence-corrected chi connectivity index (χ3v) is 3.69. The lowest BCUT2D eigenvalue weighted by molar-refractivity contribution is -0.0568. The summed E-state index contributed by atoms with van der Waals surface area (Å²) in [4.78, 5) is 2.34. The molecule has 0 heterocycles. The summed E-state index contributed by atoms with van der Waals surface area (Å²) < 4.78 is 5.71. The molecule has 23 heavy (non-hydrogen) atoms. The molecule has 1 N–H and O–H groups in total. The van der Waals surface area contributed by atoms with Gasteiger partial charge in [-0.05, 0) is 52.1 Å². The van der Waals surface area contributed by atoms with E-state index in [-0.39, 0.29) is 5.60 Å². The minimum absolute atomic E-state index is 0.208. The van der Waals surface area contributed by atoms with Crippen molar-refractivity contribution < 1.29 is 9.84 Å². The van der Waals surface area contributed by atoms with E-state index < -0.39 is 6.10 Å². The molecule has 0 aromatic heterocycles. The van der Waals surface area contributed by atoms with Crippen molar-refractivity contribution in [2.75, 3.05) is 19.7 Å². The van der Waals surface area contributed by atoms with Crippen LogP contribution in [0.15, 0.2) is 24.3 Å². The summed E-state index contributed by atoms with van der Waals surface area (Å²) in [7, 11) is 0. The van der Waals surface area contributed by atoms with Crippen molar-refractivity contribution >= 4 is 0 Å². The van der Waals surface area contributed by atoms with Crippen molar-refractivity contribution in [3.63, 3.8) is 0 Å². The van der Waals surface area contributed by atoms with Crippen molar-refractivity contribution in [1.29, 1.82) is 0 Å². The lowest BCUT2D eigenvalue weighted by Gasteiger charge is -2.28. The Hall–Kier alpha value is -0.900. The molecule has 0 spiro atoms. The van der Waals surface area contributed by atoms with Gasteiger partial charge in [-0.2, -0.15) is 0 Å². The fourth-order valence-electron chi connectivity index (χ4n) is 2.44. The second-order valence-electron chi connectivity index (χ2n) is 7.98. The standard InChI is InChI=1S/C20H35NO2/c1-16(2)10-11-21(13-18-9-7-8-17(3)12-18)14-19(22)15-23-20(4,5)6/h7-9,12,16,19,22H,10-11,13-15H2,1-6H3/t19-/m1/s1. The lowest BCUT2D eigenvalue weighted by atomic mass is 10.1. The van der Waals surface area contributed by atoms with Crippen LogP contribution in [-0.4, -0.2) is 41.4 Å². The Bertz CT molecular complexity index is 451. The van der Waals surface area contributed by atoms with Crippen LogP contribution in [0.3, 0.4) is 0 Å². The molecule has 1 rings (SSSR count). The molecule has 0 saturated carbocycles. The SMILES string of the molecule is Cc1cccc(CN(CCC(C)C)C[C@@H](O)COC(C)(C)C)c1. The quantitative estimate of drug-likeness (QED) is 0.745. The van der Waals surface area contributed by atoms with Gasteiger partial charge in [-0.1, -0.05) is 43.7 Å². The Kier molecular flexibility index (Phi) is 8.24. The van der Waals surface area contributed by atoms with Crippen LogP contribution in [0.1, 0.15) is 52.2 Å². The number of ether oxygens (including phenoxy) is 1. The molecule has 1 atom stereocenters. The molecule has 1 aromatic rings. The number of benzene rings is 1. The van der Waals surface area contributed by atoms with E-state index >= 15 is 0 Å². The molecule has 0 amide bonds. The maximum atomic E-state index is 10.3. The average molecular weight is 322 g/mol. The molecule has 0 fully saturated rings. The molecule has 1 aromatic carbocycles. The first-order valence-electron chi connectivity index (χ1n) is 8.75. The molecule has 0 aliphatic carbocycles. The zero-order valence-corrected chi connectivity index (χ0v) is 15.8. The predicted molar refractivity (Wildman–Crippen MR) is 97.6 cm³/mol. The monoisotopic (exact) mass is 321 g/mol. The molecule has 0 radical (unpaired) electrons. The van der Waals surface area contributed by atoms with Crippen LogP contribution in [-0.2, 0) is 11.3 Å². The van der Waals surface area contributed by atoms with Gasteiger partial charge in [0.2, 0.25) is 0 Å². The zero-order valence-electron chi connectivity index (χ0n) is 15.8. The summed E-state index contributed by atoms with van der Waals surface area (Å²) in [5.41, 5.74) is 2.38. The van der Waals surface area contributed by atoms with Gasteiger partial charge in [0.15, 0.2) is 0 Å². The van der Waals surface area contributed by atoms with E-state index in [9.17, 15) is 5.11 Å². The molecule has 3 nitrogen and oxygen atoms in total. The van der Waals surface area contributed by atoms with Gasteiger partial charge in [-0.25, -0.2) is 0 Å². The topological polar surface area (TPSA) is 32.7 Å². The van der Waals surface area contributed by atoms with Crippen LogP contribution in [0.2, 0.25) is 0 Å². The molecule has 132 valence electrons. The lowest BCUT2D eigenvalue weighted by Crippen LogP contribution is -2.37. The van der Waals surface area contributed by atoms with Crippen molar-refractivity contribution in [2.24, 2.45) is 5.92 Å². The molecule has 0 bridgehead atoms. The highest BCUT2D eigenvalue weighted by Gasteiger charge is 2.17. The second kappa shape index (κ2) is 9.41. The summed E-state index contributed by atoms with van der Waals surface area (Å²) in [6.45, 7) is 15.6. The Morgan fingerprint density at radius 1 is 1.22 bits per heavy atom. The third-order valence-electron chi connectivity index (χ3n) is 3.69. The van der Waals surface area contributed by atoms with Crippen LogP contribution in [0, 0.1) is 12.8 Å². The molecule has 0 aliphatic rings.